The summed E-state index contributed by atoms with van der Waals surface area (Å²) in [7, 11) is 0. The molecular formula is C37H56N8O8. The Hall–Kier alpha value is -5.25. The van der Waals surface area contributed by atoms with Gasteiger partial charge in [0.05, 0.1) is 19.1 Å². The Balaban J connectivity index is 2.21. The fourth-order valence-electron chi connectivity index (χ4n) is 5.28. The van der Waals surface area contributed by atoms with Gasteiger partial charge in [0, 0.05) is 20.0 Å². The van der Waals surface area contributed by atoms with Crippen LogP contribution in [0.5, 0.6) is 0 Å². The molecular weight excluding hydrogens is 684 g/mol. The Morgan fingerprint density at radius 2 is 1.43 bits per heavy atom. The predicted octanol–water partition coefficient (Wildman–Crippen LogP) is 0.788. The molecule has 0 aliphatic carbocycles. The number of hydrogen-bond acceptors (Lipinski definition) is 9. The number of primary amides is 1. The van der Waals surface area contributed by atoms with E-state index in [2.05, 4.69) is 31.9 Å². The van der Waals surface area contributed by atoms with E-state index in [1.807, 2.05) is 42.5 Å². The molecule has 0 aliphatic heterocycles. The average molecular weight is 741 g/mol. The van der Waals surface area contributed by atoms with Crippen LogP contribution in [0.25, 0.3) is 10.8 Å². The van der Waals surface area contributed by atoms with Gasteiger partial charge in [-0.15, -0.1) is 0 Å². The number of alkyl carbamates (subject to hydrolysis) is 1. The lowest BCUT2D eigenvalue weighted by molar-refractivity contribution is -0.136. The Bertz CT molecular complexity index is 1590. The molecule has 292 valence electrons. The molecule has 0 aromatic heterocycles. The molecule has 2 aromatic carbocycles. The number of unbranched alkanes of at least 4 members (excludes halogenated alkanes) is 2. The first-order valence-corrected chi connectivity index (χ1v) is 17.8. The SMILES string of the molecule is CC(=O)NCCCC[C@H](NC(=O)[C@](C)(CCCCNC(=O)OC(C)(C)C)NC(=O)[C@@H](N)Cc1ccc2ccccc2c1)C(=O)NCC(=O)NCC(N)=O. The molecule has 0 spiro atoms. The van der Waals surface area contributed by atoms with Crippen LogP contribution in [0, 0.1) is 0 Å². The number of carbonyl (C=O) groups is 7. The van der Waals surface area contributed by atoms with Crippen molar-refractivity contribution in [1.82, 2.24) is 31.9 Å². The third-order valence-electron chi connectivity index (χ3n) is 8.08. The molecule has 10 N–H and O–H groups in total. The zero-order valence-electron chi connectivity index (χ0n) is 31.4. The van der Waals surface area contributed by atoms with Gasteiger partial charge in [0.25, 0.3) is 0 Å². The summed E-state index contributed by atoms with van der Waals surface area (Å²) in [6.07, 6.45) is 1.62. The molecule has 7 amide bonds. The van der Waals surface area contributed by atoms with Crippen molar-refractivity contribution in [2.75, 3.05) is 26.2 Å². The first-order chi connectivity index (χ1) is 24.9. The number of nitrogens with one attached hydrogen (secondary N) is 6. The molecule has 16 heteroatoms. The summed E-state index contributed by atoms with van der Waals surface area (Å²) < 4.78 is 5.27. The monoisotopic (exact) mass is 740 g/mol. The van der Waals surface area contributed by atoms with Gasteiger partial charge in [0.2, 0.25) is 35.4 Å². The molecule has 0 saturated heterocycles. The minimum atomic E-state index is -1.54. The van der Waals surface area contributed by atoms with Crippen molar-refractivity contribution >= 4 is 52.3 Å². The van der Waals surface area contributed by atoms with Gasteiger partial charge in [-0.3, -0.25) is 28.8 Å². The van der Waals surface area contributed by atoms with Crippen molar-refractivity contribution in [3.05, 3.63) is 48.0 Å². The molecule has 0 bridgehead atoms. The van der Waals surface area contributed by atoms with Gasteiger partial charge in [-0.2, -0.15) is 0 Å². The van der Waals surface area contributed by atoms with Crippen LogP contribution >= 0.6 is 0 Å². The van der Waals surface area contributed by atoms with Crippen molar-refractivity contribution in [2.24, 2.45) is 11.5 Å². The Kier molecular flexibility index (Phi) is 17.7. The maximum atomic E-state index is 14.0. The minimum Gasteiger partial charge on any atom is -0.444 e. The van der Waals surface area contributed by atoms with E-state index in [1.165, 1.54) is 13.8 Å². The van der Waals surface area contributed by atoms with Gasteiger partial charge in [-0.1, -0.05) is 42.5 Å². The van der Waals surface area contributed by atoms with Crippen molar-refractivity contribution in [3.63, 3.8) is 0 Å². The molecule has 53 heavy (non-hydrogen) atoms. The second kappa shape index (κ2) is 21.3. The third kappa shape index (κ3) is 17.2. The van der Waals surface area contributed by atoms with Crippen LogP contribution in [0.15, 0.2) is 42.5 Å². The largest absolute Gasteiger partial charge is 0.444 e. The second-order valence-corrected chi connectivity index (χ2v) is 14.2. The highest BCUT2D eigenvalue weighted by atomic mass is 16.6. The third-order valence-corrected chi connectivity index (χ3v) is 8.08. The number of ether oxygens (including phenoxy) is 1. The second-order valence-electron chi connectivity index (χ2n) is 14.2. The highest BCUT2D eigenvalue weighted by Crippen LogP contribution is 2.19. The minimum absolute atomic E-state index is 0.121. The summed E-state index contributed by atoms with van der Waals surface area (Å²) in [5, 5.41) is 17.7. The lowest BCUT2D eigenvalue weighted by Gasteiger charge is -2.32. The van der Waals surface area contributed by atoms with Crippen molar-refractivity contribution in [1.29, 1.82) is 0 Å². The van der Waals surface area contributed by atoms with Gasteiger partial charge >= 0.3 is 6.09 Å². The van der Waals surface area contributed by atoms with Crippen LogP contribution in [0.4, 0.5) is 4.79 Å². The normalized spacial score (nSPS) is 13.4. The highest BCUT2D eigenvalue weighted by Gasteiger charge is 2.38. The lowest BCUT2D eigenvalue weighted by Crippen LogP contribution is -2.62. The van der Waals surface area contributed by atoms with Crippen LogP contribution in [0.1, 0.15) is 78.7 Å². The summed E-state index contributed by atoms with van der Waals surface area (Å²) in [5.74, 6) is -3.54. The number of nitrogens with two attached hydrogens (primary N) is 2. The Morgan fingerprint density at radius 3 is 2.09 bits per heavy atom. The van der Waals surface area contributed by atoms with E-state index in [4.69, 9.17) is 16.2 Å². The fourth-order valence-corrected chi connectivity index (χ4v) is 5.28. The van der Waals surface area contributed by atoms with E-state index < -0.39 is 71.9 Å². The van der Waals surface area contributed by atoms with Crippen LogP contribution in [-0.2, 0) is 39.9 Å². The summed E-state index contributed by atoms with van der Waals surface area (Å²) in [6, 6.07) is 11.4. The van der Waals surface area contributed by atoms with Gasteiger partial charge in [-0.05, 0) is 89.0 Å². The van der Waals surface area contributed by atoms with E-state index in [-0.39, 0.29) is 31.7 Å². The zero-order chi connectivity index (χ0) is 39.6. The predicted molar refractivity (Wildman–Crippen MR) is 200 cm³/mol. The Labute approximate surface area is 310 Å². The summed E-state index contributed by atoms with van der Waals surface area (Å²) in [4.78, 5) is 87.4. The maximum absolute atomic E-state index is 14.0. The molecule has 2 aromatic rings. The zero-order valence-corrected chi connectivity index (χ0v) is 31.4. The van der Waals surface area contributed by atoms with E-state index in [0.29, 0.717) is 32.2 Å². The maximum Gasteiger partial charge on any atom is 0.407 e. The number of hydrogen-bond donors (Lipinski definition) is 8. The number of benzene rings is 2. The van der Waals surface area contributed by atoms with Gasteiger partial charge in [0.15, 0.2) is 0 Å². The summed E-state index contributed by atoms with van der Waals surface area (Å²) >= 11 is 0. The quantitative estimate of drug-likeness (QED) is 0.0841. The van der Waals surface area contributed by atoms with Crippen LogP contribution < -0.4 is 43.4 Å². The van der Waals surface area contributed by atoms with Crippen LogP contribution in [0.2, 0.25) is 0 Å². The standard InChI is InChI=1S/C37H56N8O8/c1-24(46)40-18-10-8-14-29(33(50)43-23-31(48)42-22-30(39)47)44-34(51)37(5,17-9-11-19-41-35(52)53-36(2,3)4)45-32(49)28(38)21-25-15-16-26-12-6-7-13-27(26)20-25/h6-7,12-13,15-16,20,28-29H,8-11,14,17-19,21-23,38H2,1-5H3,(H2,39,47)(H,40,46)(H,41,52)(H,42,48)(H,43,50)(H,44,51)(H,45,49)/t28-,29-,37-/m0/s1. The molecule has 0 heterocycles. The Morgan fingerprint density at radius 1 is 0.774 bits per heavy atom. The average Bonchev–Trinajstić information content (AvgIpc) is 3.07. The topological polar surface area (TPSA) is 253 Å². The number of carbonyl (C=O) groups excluding carboxylic acids is 7. The number of rotatable bonds is 21. The molecule has 2 rings (SSSR count). The van der Waals surface area contributed by atoms with E-state index in [9.17, 15) is 33.6 Å². The van der Waals surface area contributed by atoms with Gasteiger partial charge in [-0.25, -0.2) is 4.79 Å². The molecule has 3 atom stereocenters. The van der Waals surface area contributed by atoms with Crippen LogP contribution in [0.3, 0.4) is 0 Å². The fraction of sp³-hybridized carbons (Fsp3) is 0.541. The summed E-state index contributed by atoms with van der Waals surface area (Å²) in [6.45, 7) is 7.88. The first-order valence-electron chi connectivity index (χ1n) is 17.8. The molecule has 0 fully saturated rings. The molecule has 0 unspecified atom stereocenters. The molecule has 0 aliphatic rings. The smallest absolute Gasteiger partial charge is 0.407 e. The molecule has 0 saturated carbocycles. The van der Waals surface area contributed by atoms with Crippen molar-refractivity contribution < 1.29 is 38.3 Å². The van der Waals surface area contributed by atoms with Crippen molar-refractivity contribution in [2.45, 2.75) is 103 Å². The summed E-state index contributed by atoms with van der Waals surface area (Å²) in [5.41, 5.74) is 10.1. The van der Waals surface area contributed by atoms with Gasteiger partial charge in [0.1, 0.15) is 17.2 Å². The number of fused-ring (bicyclic) bond motifs is 1. The van der Waals surface area contributed by atoms with Gasteiger partial charge < -0.3 is 48.1 Å². The van der Waals surface area contributed by atoms with E-state index in [1.54, 1.807) is 20.8 Å². The van der Waals surface area contributed by atoms with Crippen molar-refractivity contribution in [3.8, 4) is 0 Å². The first kappa shape index (κ1) is 43.9. The van der Waals surface area contributed by atoms with E-state index >= 15 is 0 Å². The highest BCUT2D eigenvalue weighted by molar-refractivity contribution is 5.96. The number of amides is 7. The van der Waals surface area contributed by atoms with Crippen LogP contribution in [-0.4, -0.2) is 90.9 Å². The molecule has 0 radical (unpaired) electrons. The lowest BCUT2D eigenvalue weighted by atomic mass is 9.91. The van der Waals surface area contributed by atoms with E-state index in [0.717, 1.165) is 16.3 Å². The molecule has 16 nitrogen and oxygen atoms in total.